The number of amides is 1. The molecule has 130 valence electrons. The maximum Gasteiger partial charge on any atom is 0.263 e. The van der Waals surface area contributed by atoms with Crippen molar-refractivity contribution in [3.8, 4) is 16.6 Å². The number of carbonyl (C=O) groups excluding carboxylic acids is 1. The Morgan fingerprint density at radius 1 is 1.20 bits per heavy atom. The zero-order valence-corrected chi connectivity index (χ0v) is 14.9. The van der Waals surface area contributed by atoms with Gasteiger partial charge in [-0.15, -0.1) is 0 Å². The lowest BCUT2D eigenvalue weighted by atomic mass is 10.3. The normalized spacial score (nSPS) is 10.5. The molecule has 2 aromatic heterocycles. The van der Waals surface area contributed by atoms with Crippen LogP contribution in [0, 0.1) is 6.92 Å². The summed E-state index contributed by atoms with van der Waals surface area (Å²) in [5, 5.41) is 3.64. The van der Waals surface area contributed by atoms with E-state index in [0.717, 1.165) is 22.3 Å². The summed E-state index contributed by atoms with van der Waals surface area (Å²) in [7, 11) is 1.62. The highest BCUT2D eigenvalue weighted by Gasteiger charge is 2.15. The summed E-state index contributed by atoms with van der Waals surface area (Å²) in [5.41, 5.74) is 0.724. The Bertz CT molecular complexity index is 826. The van der Waals surface area contributed by atoms with Crippen LogP contribution >= 0.6 is 11.3 Å². The first-order valence-corrected chi connectivity index (χ1v) is 8.65. The minimum Gasteiger partial charge on any atom is -0.497 e. The number of ether oxygens (including phenoxy) is 2. The molecule has 0 unspecified atom stereocenters. The molecule has 0 spiro atoms. The molecule has 0 saturated heterocycles. The number of benzene rings is 1. The lowest BCUT2D eigenvalue weighted by Crippen LogP contribution is -2.27. The smallest absolute Gasteiger partial charge is 0.263 e. The number of aryl methyl sites for hydroxylation is 1. The highest BCUT2D eigenvalue weighted by atomic mass is 32.1. The van der Waals surface area contributed by atoms with Gasteiger partial charge in [-0.3, -0.25) is 4.79 Å². The number of aromatic nitrogens is 2. The van der Waals surface area contributed by atoms with Crippen molar-refractivity contribution in [2.45, 2.75) is 6.92 Å². The van der Waals surface area contributed by atoms with Crippen LogP contribution in [-0.2, 0) is 0 Å². The van der Waals surface area contributed by atoms with E-state index in [9.17, 15) is 4.79 Å². The van der Waals surface area contributed by atoms with Gasteiger partial charge in [0, 0.05) is 12.4 Å². The molecule has 0 saturated carbocycles. The van der Waals surface area contributed by atoms with Crippen molar-refractivity contribution < 1.29 is 14.3 Å². The molecular weight excluding hydrogens is 338 g/mol. The summed E-state index contributed by atoms with van der Waals surface area (Å²) in [5.74, 6) is 1.38. The minimum atomic E-state index is -0.133. The van der Waals surface area contributed by atoms with E-state index in [1.165, 1.54) is 11.3 Å². The average molecular weight is 357 g/mol. The van der Waals surface area contributed by atoms with Crippen LogP contribution in [0.15, 0.2) is 48.8 Å². The first kappa shape index (κ1) is 17.0. The Labute approximate surface area is 150 Å². The molecule has 1 N–H and O–H groups in total. The fraction of sp³-hybridized carbons (Fsp3) is 0.222. The Hall–Kier alpha value is -2.80. The highest BCUT2D eigenvalue weighted by molar-refractivity contribution is 7.16. The highest BCUT2D eigenvalue weighted by Crippen LogP contribution is 2.21. The van der Waals surface area contributed by atoms with Crippen molar-refractivity contribution in [2.24, 2.45) is 0 Å². The molecule has 25 heavy (non-hydrogen) atoms. The molecule has 0 fully saturated rings. The third-order valence-electron chi connectivity index (χ3n) is 3.53. The van der Waals surface area contributed by atoms with Crippen LogP contribution in [0.4, 0.5) is 0 Å². The van der Waals surface area contributed by atoms with Crippen molar-refractivity contribution in [1.82, 2.24) is 14.9 Å². The summed E-state index contributed by atoms with van der Waals surface area (Å²) in [6.45, 7) is 2.65. The number of thiazole rings is 1. The van der Waals surface area contributed by atoms with Crippen LogP contribution in [0.1, 0.15) is 15.4 Å². The molecule has 0 radical (unpaired) electrons. The molecule has 3 rings (SSSR count). The molecule has 7 heteroatoms. The molecule has 1 amide bonds. The minimum absolute atomic E-state index is 0.133. The monoisotopic (exact) mass is 357 g/mol. The number of nitrogens with zero attached hydrogens (tertiary/aromatic N) is 2. The molecule has 0 aliphatic heterocycles. The summed E-state index contributed by atoms with van der Waals surface area (Å²) < 4.78 is 12.6. The fourth-order valence-electron chi connectivity index (χ4n) is 2.25. The predicted octanol–water partition coefficient (Wildman–Crippen LogP) is 3.06. The van der Waals surface area contributed by atoms with E-state index in [0.29, 0.717) is 18.0 Å². The number of nitrogens with one attached hydrogen (secondary N) is 1. The largest absolute Gasteiger partial charge is 0.497 e. The Kier molecular flexibility index (Phi) is 5.35. The van der Waals surface area contributed by atoms with Crippen molar-refractivity contribution >= 4 is 17.2 Å². The zero-order valence-electron chi connectivity index (χ0n) is 14.1. The van der Waals surface area contributed by atoms with Crippen molar-refractivity contribution in [2.75, 3.05) is 20.3 Å². The van der Waals surface area contributed by atoms with Gasteiger partial charge < -0.3 is 19.4 Å². The second-order valence-electron chi connectivity index (χ2n) is 5.28. The van der Waals surface area contributed by atoms with Crippen LogP contribution in [0.3, 0.4) is 0 Å². The maximum atomic E-state index is 12.3. The number of methoxy groups -OCH3 is 1. The van der Waals surface area contributed by atoms with E-state index in [4.69, 9.17) is 9.47 Å². The van der Waals surface area contributed by atoms with Gasteiger partial charge in [0.15, 0.2) is 5.13 Å². The molecule has 0 atom stereocenters. The summed E-state index contributed by atoms with van der Waals surface area (Å²) in [6.07, 6.45) is 3.81. The standard InChI is InChI=1S/C18H19N3O3S/c1-13-16(25-18(20-13)21-10-3-4-11-21)17(22)19-9-12-24-15-7-5-14(23-2)6-8-15/h3-8,10-11H,9,12H2,1-2H3,(H,19,22). The van der Waals surface area contributed by atoms with Gasteiger partial charge in [-0.1, -0.05) is 11.3 Å². The second-order valence-corrected chi connectivity index (χ2v) is 6.26. The zero-order chi connectivity index (χ0) is 17.6. The number of hydrogen-bond acceptors (Lipinski definition) is 5. The van der Waals surface area contributed by atoms with Crippen LogP contribution in [0.5, 0.6) is 11.5 Å². The molecule has 1 aromatic carbocycles. The van der Waals surface area contributed by atoms with Crippen molar-refractivity contribution in [3.05, 3.63) is 59.4 Å². The summed E-state index contributed by atoms with van der Waals surface area (Å²) >= 11 is 1.37. The number of hydrogen-bond donors (Lipinski definition) is 1. The van der Waals surface area contributed by atoms with Gasteiger partial charge in [0.05, 0.1) is 19.3 Å². The van der Waals surface area contributed by atoms with E-state index < -0.39 is 0 Å². The lowest BCUT2D eigenvalue weighted by Gasteiger charge is -2.08. The van der Waals surface area contributed by atoms with Gasteiger partial charge in [0.2, 0.25) is 0 Å². The Morgan fingerprint density at radius 3 is 2.56 bits per heavy atom. The molecule has 0 bridgehead atoms. The second kappa shape index (κ2) is 7.85. The molecule has 2 heterocycles. The Morgan fingerprint density at radius 2 is 1.88 bits per heavy atom. The molecule has 0 aliphatic carbocycles. The van der Waals surface area contributed by atoms with Crippen LogP contribution in [0.25, 0.3) is 5.13 Å². The third kappa shape index (κ3) is 4.19. The number of carbonyl (C=O) groups is 1. The fourth-order valence-corrected chi connectivity index (χ4v) is 3.20. The molecule has 3 aromatic rings. The lowest BCUT2D eigenvalue weighted by molar-refractivity contribution is 0.0950. The van der Waals surface area contributed by atoms with E-state index in [1.807, 2.05) is 60.3 Å². The summed E-state index contributed by atoms with van der Waals surface area (Å²) in [4.78, 5) is 17.4. The van der Waals surface area contributed by atoms with Gasteiger partial charge in [-0.25, -0.2) is 4.98 Å². The van der Waals surface area contributed by atoms with E-state index >= 15 is 0 Å². The van der Waals surface area contributed by atoms with Crippen molar-refractivity contribution in [1.29, 1.82) is 0 Å². The van der Waals surface area contributed by atoms with Crippen LogP contribution in [-0.4, -0.2) is 35.7 Å². The van der Waals surface area contributed by atoms with E-state index in [2.05, 4.69) is 10.3 Å². The van der Waals surface area contributed by atoms with Gasteiger partial charge >= 0.3 is 0 Å². The van der Waals surface area contributed by atoms with E-state index in [1.54, 1.807) is 7.11 Å². The van der Waals surface area contributed by atoms with Gasteiger partial charge in [0.25, 0.3) is 5.91 Å². The van der Waals surface area contributed by atoms with Gasteiger partial charge in [0.1, 0.15) is 23.0 Å². The first-order valence-electron chi connectivity index (χ1n) is 7.83. The third-order valence-corrected chi connectivity index (χ3v) is 4.70. The molecular formula is C18H19N3O3S. The Balaban J connectivity index is 1.51. The van der Waals surface area contributed by atoms with Gasteiger partial charge in [-0.05, 0) is 43.3 Å². The van der Waals surface area contributed by atoms with Crippen LogP contribution < -0.4 is 14.8 Å². The first-order chi connectivity index (χ1) is 12.2. The quantitative estimate of drug-likeness (QED) is 0.660. The molecule has 6 nitrogen and oxygen atoms in total. The van der Waals surface area contributed by atoms with Crippen molar-refractivity contribution in [3.63, 3.8) is 0 Å². The predicted molar refractivity (Wildman–Crippen MR) is 97.0 cm³/mol. The van der Waals surface area contributed by atoms with E-state index in [-0.39, 0.29) is 5.91 Å². The maximum absolute atomic E-state index is 12.3. The summed E-state index contributed by atoms with van der Waals surface area (Å²) in [6, 6.07) is 11.2. The SMILES string of the molecule is COc1ccc(OCCNC(=O)c2sc(-n3cccc3)nc2C)cc1. The average Bonchev–Trinajstić information content (AvgIpc) is 3.28. The molecule has 0 aliphatic rings. The van der Waals surface area contributed by atoms with Gasteiger partial charge in [-0.2, -0.15) is 0 Å². The topological polar surface area (TPSA) is 65.4 Å². The number of rotatable bonds is 7. The van der Waals surface area contributed by atoms with Crippen LogP contribution in [0.2, 0.25) is 0 Å².